The van der Waals surface area contributed by atoms with Gasteiger partial charge in [-0.15, -0.1) is 11.3 Å². The Balaban J connectivity index is 1.13. The average Bonchev–Trinajstić information content (AvgIpc) is 3.64. The highest BCUT2D eigenvalue weighted by Crippen LogP contribution is 2.55. The summed E-state index contributed by atoms with van der Waals surface area (Å²) in [6.45, 7) is 4.76. The molecule has 1 aliphatic rings. The number of rotatable bonds is 4. The van der Waals surface area contributed by atoms with Gasteiger partial charge in [-0.25, -0.2) is 0 Å². The zero-order chi connectivity index (χ0) is 32.7. The molecule has 8 aromatic carbocycles. The Bertz CT molecular complexity index is 2750. The van der Waals surface area contributed by atoms with Crippen molar-refractivity contribution in [3.8, 4) is 22.3 Å². The number of nitrogens with zero attached hydrogens (tertiary/aromatic N) is 1. The van der Waals surface area contributed by atoms with Crippen LogP contribution in [0.25, 0.3) is 64.0 Å². The summed E-state index contributed by atoms with van der Waals surface area (Å²) >= 11 is 1.86. The Kier molecular flexibility index (Phi) is 6.16. The zero-order valence-corrected chi connectivity index (χ0v) is 28.3. The van der Waals surface area contributed by atoms with Gasteiger partial charge in [0.2, 0.25) is 0 Å². The smallest absolute Gasteiger partial charge is 0.0468 e. The normalized spacial score (nSPS) is 13.3. The fraction of sp³-hybridized carbons (Fsp3) is 0.0638. The number of hydrogen-bond acceptors (Lipinski definition) is 2. The lowest BCUT2D eigenvalue weighted by atomic mass is 9.79. The molecule has 49 heavy (non-hydrogen) atoms. The van der Waals surface area contributed by atoms with Crippen molar-refractivity contribution in [1.29, 1.82) is 0 Å². The van der Waals surface area contributed by atoms with Crippen LogP contribution in [0.2, 0.25) is 0 Å². The van der Waals surface area contributed by atoms with Crippen LogP contribution in [0.5, 0.6) is 0 Å². The third-order valence-electron chi connectivity index (χ3n) is 10.6. The van der Waals surface area contributed by atoms with E-state index in [-0.39, 0.29) is 5.41 Å². The molecular formula is C47H33NS. The van der Waals surface area contributed by atoms with Crippen molar-refractivity contribution in [2.24, 2.45) is 0 Å². The summed E-state index contributed by atoms with van der Waals surface area (Å²) < 4.78 is 2.64. The van der Waals surface area contributed by atoms with Crippen LogP contribution in [-0.4, -0.2) is 0 Å². The number of benzene rings is 8. The van der Waals surface area contributed by atoms with E-state index in [0.29, 0.717) is 0 Å². The van der Waals surface area contributed by atoms with Gasteiger partial charge in [0.25, 0.3) is 0 Å². The van der Waals surface area contributed by atoms with E-state index in [9.17, 15) is 0 Å². The van der Waals surface area contributed by atoms with Crippen molar-refractivity contribution in [2.75, 3.05) is 4.90 Å². The van der Waals surface area contributed by atoms with Gasteiger partial charge < -0.3 is 4.90 Å². The molecule has 9 aromatic rings. The monoisotopic (exact) mass is 643 g/mol. The average molecular weight is 644 g/mol. The predicted molar refractivity (Wildman–Crippen MR) is 212 cm³/mol. The van der Waals surface area contributed by atoms with Crippen LogP contribution in [0.3, 0.4) is 0 Å². The Morgan fingerprint density at radius 1 is 0.449 bits per heavy atom. The SMILES string of the molecule is CC1(C)c2ccccc2-c2c(-c3ccc4cc(N(c5ccccc5)c5ccc6sc7ccccc7c6c5)ccc4c3)cc3ccccc3c21. The van der Waals surface area contributed by atoms with E-state index in [1.807, 2.05) is 11.3 Å². The van der Waals surface area contributed by atoms with E-state index >= 15 is 0 Å². The van der Waals surface area contributed by atoms with Crippen LogP contribution in [0, 0.1) is 0 Å². The first-order valence-corrected chi connectivity index (χ1v) is 17.8. The van der Waals surface area contributed by atoms with Crippen LogP contribution in [0.4, 0.5) is 17.1 Å². The van der Waals surface area contributed by atoms with E-state index in [1.165, 1.54) is 75.1 Å². The first-order valence-electron chi connectivity index (χ1n) is 17.0. The van der Waals surface area contributed by atoms with Gasteiger partial charge in [0.05, 0.1) is 0 Å². The molecule has 1 aromatic heterocycles. The molecular weight excluding hydrogens is 611 g/mol. The summed E-state index contributed by atoms with van der Waals surface area (Å²) in [7, 11) is 0. The largest absolute Gasteiger partial charge is 0.310 e. The number of anilines is 3. The second-order valence-corrected chi connectivity index (χ2v) is 14.8. The van der Waals surface area contributed by atoms with Gasteiger partial charge in [-0.1, -0.05) is 117 Å². The van der Waals surface area contributed by atoms with Gasteiger partial charge in [-0.2, -0.15) is 0 Å². The van der Waals surface area contributed by atoms with Crippen LogP contribution in [0.1, 0.15) is 25.0 Å². The number of thiophene rings is 1. The van der Waals surface area contributed by atoms with Gasteiger partial charge in [0.15, 0.2) is 0 Å². The fourth-order valence-electron chi connectivity index (χ4n) is 8.30. The molecule has 0 amide bonds. The summed E-state index contributed by atoms with van der Waals surface area (Å²) in [5.74, 6) is 0. The van der Waals surface area contributed by atoms with E-state index < -0.39 is 0 Å². The van der Waals surface area contributed by atoms with E-state index in [4.69, 9.17) is 0 Å². The molecule has 0 saturated heterocycles. The third kappa shape index (κ3) is 4.31. The number of fused-ring (bicyclic) bond motifs is 9. The second kappa shape index (κ2) is 10.7. The topological polar surface area (TPSA) is 3.24 Å². The molecule has 0 unspecified atom stereocenters. The minimum atomic E-state index is -0.0769. The quantitative estimate of drug-likeness (QED) is 0.184. The molecule has 0 atom stereocenters. The molecule has 232 valence electrons. The highest BCUT2D eigenvalue weighted by atomic mass is 32.1. The van der Waals surface area contributed by atoms with E-state index in [0.717, 1.165) is 17.1 Å². The van der Waals surface area contributed by atoms with Crippen molar-refractivity contribution in [1.82, 2.24) is 0 Å². The Morgan fingerprint density at radius 2 is 1.12 bits per heavy atom. The van der Waals surface area contributed by atoms with Gasteiger partial charge in [-0.05, 0) is 116 Å². The molecule has 0 N–H and O–H groups in total. The molecule has 0 aliphatic heterocycles. The minimum Gasteiger partial charge on any atom is -0.310 e. The summed E-state index contributed by atoms with van der Waals surface area (Å²) in [6, 6.07) is 60.5. The van der Waals surface area contributed by atoms with E-state index in [2.05, 4.69) is 183 Å². The van der Waals surface area contributed by atoms with Gasteiger partial charge in [0.1, 0.15) is 0 Å². The van der Waals surface area contributed by atoms with Crippen molar-refractivity contribution in [3.63, 3.8) is 0 Å². The lowest BCUT2D eigenvalue weighted by Crippen LogP contribution is -2.15. The first-order chi connectivity index (χ1) is 24.0. The summed E-state index contributed by atoms with van der Waals surface area (Å²) in [5, 5.41) is 7.72. The fourth-order valence-corrected chi connectivity index (χ4v) is 9.39. The molecule has 0 saturated carbocycles. The molecule has 1 heterocycles. The van der Waals surface area contributed by atoms with E-state index in [1.54, 1.807) is 0 Å². The number of para-hydroxylation sites is 1. The molecule has 2 heteroatoms. The predicted octanol–water partition coefficient (Wildman–Crippen LogP) is 13.8. The van der Waals surface area contributed by atoms with Crippen molar-refractivity contribution >= 4 is 70.1 Å². The van der Waals surface area contributed by atoms with Crippen LogP contribution in [0.15, 0.2) is 164 Å². The molecule has 1 aliphatic carbocycles. The first kappa shape index (κ1) is 28.3. The third-order valence-corrected chi connectivity index (χ3v) is 11.7. The van der Waals surface area contributed by atoms with Gasteiger partial charge >= 0.3 is 0 Å². The maximum absolute atomic E-state index is 2.41. The molecule has 10 rings (SSSR count). The second-order valence-electron chi connectivity index (χ2n) is 13.8. The molecule has 0 fully saturated rings. The number of hydrogen-bond donors (Lipinski definition) is 0. The Morgan fingerprint density at radius 3 is 2.02 bits per heavy atom. The highest BCUT2D eigenvalue weighted by Gasteiger charge is 2.38. The van der Waals surface area contributed by atoms with Crippen LogP contribution >= 0.6 is 11.3 Å². The Hall–Kier alpha value is -5.70. The van der Waals surface area contributed by atoms with Crippen LogP contribution in [-0.2, 0) is 5.41 Å². The minimum absolute atomic E-state index is 0.0769. The summed E-state index contributed by atoms with van der Waals surface area (Å²) in [5.41, 5.74) is 11.5. The zero-order valence-electron chi connectivity index (χ0n) is 27.4. The Labute approximate surface area is 290 Å². The van der Waals surface area contributed by atoms with Crippen molar-refractivity contribution < 1.29 is 0 Å². The maximum Gasteiger partial charge on any atom is 0.0468 e. The summed E-state index contributed by atoms with van der Waals surface area (Å²) in [6.07, 6.45) is 0. The maximum atomic E-state index is 2.41. The lowest BCUT2D eigenvalue weighted by Gasteiger charge is -2.26. The molecule has 0 spiro atoms. The molecule has 0 bridgehead atoms. The van der Waals surface area contributed by atoms with Gasteiger partial charge in [-0.3, -0.25) is 0 Å². The molecule has 1 nitrogen and oxygen atoms in total. The van der Waals surface area contributed by atoms with Crippen LogP contribution < -0.4 is 4.90 Å². The summed E-state index contributed by atoms with van der Waals surface area (Å²) in [4.78, 5) is 2.38. The van der Waals surface area contributed by atoms with Crippen molar-refractivity contribution in [2.45, 2.75) is 19.3 Å². The lowest BCUT2D eigenvalue weighted by molar-refractivity contribution is 0.666. The van der Waals surface area contributed by atoms with Gasteiger partial charge in [0, 0.05) is 42.6 Å². The highest BCUT2D eigenvalue weighted by molar-refractivity contribution is 7.25. The standard InChI is InChI=1S/C47H33NS/c1-47(2)42-18-10-8-17-39(42)45-40(28-32-12-6-7-15-37(32)46(45)47)33-21-20-31-27-35(23-22-30(31)26-33)48(34-13-4-3-5-14-34)36-24-25-44-41(29-36)38-16-9-11-19-43(38)49-44/h3-29H,1-2H3. The van der Waals surface area contributed by atoms with Crippen molar-refractivity contribution in [3.05, 3.63) is 175 Å². The molecule has 0 radical (unpaired) electrons.